The zero-order valence-electron chi connectivity index (χ0n) is 9.27. The first-order chi connectivity index (χ1) is 7.49. The summed E-state index contributed by atoms with van der Waals surface area (Å²) >= 11 is 0. The Morgan fingerprint density at radius 1 is 1.69 bits per heavy atom. The number of aromatic nitrogens is 1. The number of anilines is 1. The standard InChI is InChI=1S/C10H15N3O2S/c1-7(6-16(2)15)13-8-3-4-12-9(5-8)10(11)14/h3-5,7H,6H2,1-2H3,(H2,11,14)(H,12,13). The van der Waals surface area contributed by atoms with Crippen LogP contribution in [0.4, 0.5) is 5.69 Å². The smallest absolute Gasteiger partial charge is 0.267 e. The average molecular weight is 241 g/mol. The molecule has 6 heteroatoms. The Kier molecular flexibility index (Phi) is 4.42. The van der Waals surface area contributed by atoms with E-state index in [0.29, 0.717) is 5.75 Å². The van der Waals surface area contributed by atoms with Gasteiger partial charge in [0.2, 0.25) is 0 Å². The third-order valence-corrected chi connectivity index (χ3v) is 2.88. The van der Waals surface area contributed by atoms with E-state index in [9.17, 15) is 9.00 Å². The molecule has 0 saturated carbocycles. The van der Waals surface area contributed by atoms with Gasteiger partial charge >= 0.3 is 0 Å². The Morgan fingerprint density at radius 2 is 2.38 bits per heavy atom. The fourth-order valence-electron chi connectivity index (χ4n) is 1.33. The monoisotopic (exact) mass is 241 g/mol. The summed E-state index contributed by atoms with van der Waals surface area (Å²) in [6.45, 7) is 1.92. The van der Waals surface area contributed by atoms with Crippen LogP contribution in [0.25, 0.3) is 0 Å². The van der Waals surface area contributed by atoms with Crippen molar-refractivity contribution in [3.63, 3.8) is 0 Å². The third-order valence-electron chi connectivity index (χ3n) is 1.91. The molecule has 0 aliphatic carbocycles. The average Bonchev–Trinajstić information content (AvgIpc) is 2.16. The third kappa shape index (κ3) is 3.98. The van der Waals surface area contributed by atoms with Crippen molar-refractivity contribution in [2.24, 2.45) is 5.73 Å². The molecule has 2 unspecified atom stereocenters. The predicted octanol–water partition coefficient (Wildman–Crippen LogP) is 0.359. The van der Waals surface area contributed by atoms with Crippen LogP contribution in [0.5, 0.6) is 0 Å². The number of hydrogen-bond donors (Lipinski definition) is 2. The number of nitrogens with one attached hydrogen (secondary N) is 1. The lowest BCUT2D eigenvalue weighted by atomic mass is 10.3. The second-order valence-electron chi connectivity index (χ2n) is 3.58. The predicted molar refractivity (Wildman–Crippen MR) is 64.8 cm³/mol. The van der Waals surface area contributed by atoms with Crippen molar-refractivity contribution in [3.8, 4) is 0 Å². The zero-order valence-corrected chi connectivity index (χ0v) is 10.1. The molecule has 0 saturated heterocycles. The van der Waals surface area contributed by atoms with Crippen molar-refractivity contribution < 1.29 is 9.00 Å². The molecule has 0 fully saturated rings. The highest BCUT2D eigenvalue weighted by Gasteiger charge is 2.06. The molecule has 1 heterocycles. The molecule has 2 atom stereocenters. The lowest BCUT2D eigenvalue weighted by Crippen LogP contribution is -2.22. The van der Waals surface area contributed by atoms with Crippen LogP contribution in [-0.4, -0.2) is 33.2 Å². The lowest BCUT2D eigenvalue weighted by Gasteiger charge is -2.13. The van der Waals surface area contributed by atoms with Crippen molar-refractivity contribution in [2.75, 3.05) is 17.3 Å². The van der Waals surface area contributed by atoms with Crippen molar-refractivity contribution in [1.82, 2.24) is 4.98 Å². The van der Waals surface area contributed by atoms with E-state index < -0.39 is 16.7 Å². The van der Waals surface area contributed by atoms with Crippen LogP contribution in [-0.2, 0) is 10.8 Å². The van der Waals surface area contributed by atoms with E-state index in [2.05, 4.69) is 10.3 Å². The molecule has 3 N–H and O–H groups in total. The van der Waals surface area contributed by atoms with Gasteiger partial charge in [0.15, 0.2) is 0 Å². The fraction of sp³-hybridized carbons (Fsp3) is 0.400. The van der Waals surface area contributed by atoms with Crippen LogP contribution in [0.2, 0.25) is 0 Å². The van der Waals surface area contributed by atoms with E-state index in [1.165, 1.54) is 6.20 Å². The minimum absolute atomic E-state index is 0.0639. The van der Waals surface area contributed by atoms with Gasteiger partial charge < -0.3 is 11.1 Å². The van der Waals surface area contributed by atoms with Gasteiger partial charge in [0.05, 0.1) is 0 Å². The maximum atomic E-state index is 11.0. The minimum atomic E-state index is -0.853. The lowest BCUT2D eigenvalue weighted by molar-refractivity contribution is 0.0995. The van der Waals surface area contributed by atoms with Gasteiger partial charge in [-0.1, -0.05) is 0 Å². The molecule has 0 aromatic carbocycles. The first-order valence-corrected chi connectivity index (χ1v) is 6.54. The van der Waals surface area contributed by atoms with E-state index >= 15 is 0 Å². The number of hydrogen-bond acceptors (Lipinski definition) is 4. The summed E-state index contributed by atoms with van der Waals surface area (Å²) in [5, 5.41) is 3.13. The highest BCUT2D eigenvalue weighted by molar-refractivity contribution is 7.84. The minimum Gasteiger partial charge on any atom is -0.382 e. The summed E-state index contributed by atoms with van der Waals surface area (Å²) in [7, 11) is -0.853. The molecule has 16 heavy (non-hydrogen) atoms. The highest BCUT2D eigenvalue weighted by Crippen LogP contribution is 2.09. The Bertz CT molecular complexity index is 409. The van der Waals surface area contributed by atoms with Gasteiger partial charge in [-0.05, 0) is 19.1 Å². The van der Waals surface area contributed by atoms with E-state index in [4.69, 9.17) is 5.73 Å². The molecular formula is C10H15N3O2S. The molecule has 0 bridgehead atoms. The van der Waals surface area contributed by atoms with E-state index in [1.807, 2.05) is 6.92 Å². The molecule has 0 aliphatic rings. The van der Waals surface area contributed by atoms with Crippen molar-refractivity contribution in [1.29, 1.82) is 0 Å². The van der Waals surface area contributed by atoms with Crippen LogP contribution in [0.15, 0.2) is 18.3 Å². The quantitative estimate of drug-likeness (QED) is 0.779. The van der Waals surface area contributed by atoms with Gasteiger partial charge in [-0.3, -0.25) is 14.0 Å². The van der Waals surface area contributed by atoms with Crippen LogP contribution < -0.4 is 11.1 Å². The second-order valence-corrected chi connectivity index (χ2v) is 5.06. The van der Waals surface area contributed by atoms with Crippen LogP contribution in [0.3, 0.4) is 0 Å². The highest BCUT2D eigenvalue weighted by atomic mass is 32.2. The van der Waals surface area contributed by atoms with Gasteiger partial charge in [-0.25, -0.2) is 0 Å². The molecule has 0 radical (unpaired) electrons. The van der Waals surface area contributed by atoms with Gasteiger partial charge in [0.1, 0.15) is 5.69 Å². The number of rotatable bonds is 5. The summed E-state index contributed by atoms with van der Waals surface area (Å²) in [5.41, 5.74) is 6.09. The Balaban J connectivity index is 2.70. The Labute approximate surface area is 96.9 Å². The van der Waals surface area contributed by atoms with Gasteiger partial charge in [0, 0.05) is 40.7 Å². The molecule has 88 valence electrons. The van der Waals surface area contributed by atoms with Gasteiger partial charge in [-0.15, -0.1) is 0 Å². The molecule has 1 aromatic heterocycles. The van der Waals surface area contributed by atoms with Crippen LogP contribution in [0, 0.1) is 0 Å². The summed E-state index contributed by atoms with van der Waals surface area (Å²) in [6.07, 6.45) is 3.16. The van der Waals surface area contributed by atoms with E-state index in [0.717, 1.165) is 5.69 Å². The Hall–Kier alpha value is -1.43. The largest absolute Gasteiger partial charge is 0.382 e. The van der Waals surface area contributed by atoms with E-state index in [-0.39, 0.29) is 11.7 Å². The number of primary amides is 1. The number of carbonyl (C=O) groups is 1. The number of carbonyl (C=O) groups excluding carboxylic acids is 1. The van der Waals surface area contributed by atoms with Crippen LogP contribution in [0.1, 0.15) is 17.4 Å². The van der Waals surface area contributed by atoms with Crippen LogP contribution >= 0.6 is 0 Å². The molecule has 1 aromatic rings. The number of nitrogens with zero attached hydrogens (tertiary/aromatic N) is 1. The second kappa shape index (κ2) is 5.60. The van der Waals surface area contributed by atoms with Crippen molar-refractivity contribution >= 4 is 22.4 Å². The summed E-state index contributed by atoms with van der Waals surface area (Å²) in [4.78, 5) is 14.7. The zero-order chi connectivity index (χ0) is 12.1. The SMILES string of the molecule is CC(CS(C)=O)Nc1ccnc(C(N)=O)c1. The summed E-state index contributed by atoms with van der Waals surface area (Å²) in [5.74, 6) is -0.0100. The topological polar surface area (TPSA) is 85.1 Å². The molecule has 1 rings (SSSR count). The van der Waals surface area contributed by atoms with Gasteiger partial charge in [-0.2, -0.15) is 0 Å². The first-order valence-electron chi connectivity index (χ1n) is 4.81. The Morgan fingerprint density at radius 3 is 2.94 bits per heavy atom. The van der Waals surface area contributed by atoms with Gasteiger partial charge in [0.25, 0.3) is 5.91 Å². The molecule has 1 amide bonds. The van der Waals surface area contributed by atoms with Crippen molar-refractivity contribution in [2.45, 2.75) is 13.0 Å². The van der Waals surface area contributed by atoms with E-state index in [1.54, 1.807) is 18.4 Å². The summed E-state index contributed by atoms with van der Waals surface area (Å²) < 4.78 is 11.0. The van der Waals surface area contributed by atoms with Crippen molar-refractivity contribution in [3.05, 3.63) is 24.0 Å². The molecule has 5 nitrogen and oxygen atoms in total. The first kappa shape index (κ1) is 12.6. The normalized spacial score (nSPS) is 14.1. The summed E-state index contributed by atoms with van der Waals surface area (Å²) in [6, 6.07) is 3.38. The molecule has 0 aliphatic heterocycles. The number of pyridine rings is 1. The maximum Gasteiger partial charge on any atom is 0.267 e. The number of amides is 1. The fourth-order valence-corrected chi connectivity index (χ4v) is 2.12. The number of nitrogens with two attached hydrogens (primary N) is 1. The molecular weight excluding hydrogens is 226 g/mol. The molecule has 0 spiro atoms. The maximum absolute atomic E-state index is 11.0.